The van der Waals surface area contributed by atoms with Gasteiger partial charge in [-0.05, 0) is 18.2 Å². The standard InChI is InChI=1S/C12H16N2O2/c1-14-7-6-13-12(14)10-8-9(15-2)4-5-11(10)16-3/h4-5,8H,6-7H2,1-3H3. The molecule has 16 heavy (non-hydrogen) atoms. The fourth-order valence-corrected chi connectivity index (χ4v) is 1.81. The van der Waals surface area contributed by atoms with Gasteiger partial charge in [-0.25, -0.2) is 0 Å². The predicted octanol–water partition coefficient (Wildman–Crippen LogP) is 1.40. The van der Waals surface area contributed by atoms with Gasteiger partial charge in [0.05, 0.1) is 26.3 Å². The van der Waals surface area contributed by atoms with Crippen LogP contribution in [0.3, 0.4) is 0 Å². The van der Waals surface area contributed by atoms with Crippen LogP contribution < -0.4 is 9.47 Å². The van der Waals surface area contributed by atoms with Crippen molar-refractivity contribution in [1.29, 1.82) is 0 Å². The Balaban J connectivity index is 2.44. The average Bonchev–Trinajstić information content (AvgIpc) is 2.74. The number of amidine groups is 1. The molecule has 0 fully saturated rings. The summed E-state index contributed by atoms with van der Waals surface area (Å²) in [6.07, 6.45) is 0. The van der Waals surface area contributed by atoms with Crippen LogP contribution in [-0.4, -0.2) is 45.1 Å². The minimum Gasteiger partial charge on any atom is -0.497 e. The van der Waals surface area contributed by atoms with E-state index in [2.05, 4.69) is 9.89 Å². The SMILES string of the molecule is COc1ccc(OC)c(C2=NCCN2C)c1. The number of likely N-dealkylation sites (N-methyl/N-ethyl adjacent to an activating group) is 1. The van der Waals surface area contributed by atoms with Crippen LogP contribution >= 0.6 is 0 Å². The van der Waals surface area contributed by atoms with E-state index in [-0.39, 0.29) is 0 Å². The molecule has 86 valence electrons. The third-order valence-corrected chi connectivity index (χ3v) is 2.71. The molecule has 1 aromatic rings. The van der Waals surface area contributed by atoms with Crippen molar-refractivity contribution in [3.63, 3.8) is 0 Å². The highest BCUT2D eigenvalue weighted by Crippen LogP contribution is 2.26. The minimum atomic E-state index is 0.818. The van der Waals surface area contributed by atoms with Gasteiger partial charge in [-0.2, -0.15) is 0 Å². The maximum absolute atomic E-state index is 5.34. The van der Waals surface area contributed by atoms with Crippen LogP contribution in [0.4, 0.5) is 0 Å². The van der Waals surface area contributed by atoms with Crippen LogP contribution in [-0.2, 0) is 0 Å². The van der Waals surface area contributed by atoms with E-state index >= 15 is 0 Å². The topological polar surface area (TPSA) is 34.1 Å². The highest BCUT2D eigenvalue weighted by molar-refractivity contribution is 6.02. The molecule has 0 atom stereocenters. The normalized spacial score (nSPS) is 14.9. The molecular weight excluding hydrogens is 204 g/mol. The van der Waals surface area contributed by atoms with Crippen LogP contribution in [0.2, 0.25) is 0 Å². The van der Waals surface area contributed by atoms with Crippen LogP contribution in [0.1, 0.15) is 5.56 Å². The minimum absolute atomic E-state index is 0.818. The molecule has 0 spiro atoms. The van der Waals surface area contributed by atoms with Gasteiger partial charge in [-0.1, -0.05) is 0 Å². The van der Waals surface area contributed by atoms with Gasteiger partial charge in [0.2, 0.25) is 0 Å². The number of methoxy groups -OCH3 is 2. The lowest BCUT2D eigenvalue weighted by Crippen LogP contribution is -2.23. The monoisotopic (exact) mass is 220 g/mol. The third kappa shape index (κ3) is 1.83. The Morgan fingerprint density at radius 3 is 2.62 bits per heavy atom. The molecule has 1 aromatic carbocycles. The summed E-state index contributed by atoms with van der Waals surface area (Å²) in [5.74, 6) is 2.61. The zero-order chi connectivity index (χ0) is 11.5. The molecule has 1 aliphatic heterocycles. The average molecular weight is 220 g/mol. The van der Waals surface area contributed by atoms with Gasteiger partial charge >= 0.3 is 0 Å². The second-order valence-electron chi connectivity index (χ2n) is 3.69. The van der Waals surface area contributed by atoms with Crippen molar-refractivity contribution in [2.45, 2.75) is 0 Å². The van der Waals surface area contributed by atoms with Crippen molar-refractivity contribution in [3.8, 4) is 11.5 Å². The van der Waals surface area contributed by atoms with Crippen LogP contribution in [0.15, 0.2) is 23.2 Å². The molecular formula is C12H16N2O2. The first-order chi connectivity index (χ1) is 7.76. The Hall–Kier alpha value is -1.71. The van der Waals surface area contributed by atoms with Gasteiger partial charge < -0.3 is 14.4 Å². The highest BCUT2D eigenvalue weighted by Gasteiger charge is 2.18. The Morgan fingerprint density at radius 2 is 2.06 bits per heavy atom. The number of hydrogen-bond acceptors (Lipinski definition) is 4. The Bertz CT molecular complexity index is 415. The molecule has 0 amide bonds. The second-order valence-corrected chi connectivity index (χ2v) is 3.69. The number of hydrogen-bond donors (Lipinski definition) is 0. The first-order valence-electron chi connectivity index (χ1n) is 5.24. The van der Waals surface area contributed by atoms with Gasteiger partial charge in [0.15, 0.2) is 0 Å². The van der Waals surface area contributed by atoms with Gasteiger partial charge in [0.1, 0.15) is 17.3 Å². The molecule has 0 N–H and O–H groups in total. The molecule has 0 aromatic heterocycles. The maximum atomic E-state index is 5.34. The van der Waals surface area contributed by atoms with Crippen molar-refractivity contribution in [3.05, 3.63) is 23.8 Å². The molecule has 0 unspecified atom stereocenters. The molecule has 0 saturated carbocycles. The van der Waals surface area contributed by atoms with Crippen molar-refractivity contribution in [2.24, 2.45) is 4.99 Å². The van der Waals surface area contributed by atoms with Gasteiger partial charge in [0.25, 0.3) is 0 Å². The summed E-state index contributed by atoms with van der Waals surface area (Å²) in [6.45, 7) is 1.79. The molecule has 2 rings (SSSR count). The van der Waals surface area contributed by atoms with Crippen molar-refractivity contribution in [1.82, 2.24) is 4.90 Å². The summed E-state index contributed by atoms with van der Waals surface area (Å²) in [5, 5.41) is 0. The van der Waals surface area contributed by atoms with Crippen molar-refractivity contribution in [2.75, 3.05) is 34.4 Å². The summed E-state index contributed by atoms with van der Waals surface area (Å²) >= 11 is 0. The quantitative estimate of drug-likeness (QED) is 0.772. The van der Waals surface area contributed by atoms with E-state index in [9.17, 15) is 0 Å². The highest BCUT2D eigenvalue weighted by atomic mass is 16.5. The van der Waals surface area contributed by atoms with Crippen LogP contribution in [0.5, 0.6) is 11.5 Å². The smallest absolute Gasteiger partial charge is 0.134 e. The van der Waals surface area contributed by atoms with E-state index < -0.39 is 0 Å². The molecule has 0 saturated heterocycles. The fourth-order valence-electron chi connectivity index (χ4n) is 1.81. The summed E-state index contributed by atoms with van der Waals surface area (Å²) in [5.41, 5.74) is 0.988. The summed E-state index contributed by atoms with van der Waals surface area (Å²) in [4.78, 5) is 6.60. The van der Waals surface area contributed by atoms with E-state index in [0.29, 0.717) is 0 Å². The maximum Gasteiger partial charge on any atom is 0.134 e. The summed E-state index contributed by atoms with van der Waals surface area (Å²) < 4.78 is 10.6. The number of aliphatic imine (C=N–C) groups is 1. The first-order valence-corrected chi connectivity index (χ1v) is 5.24. The molecule has 1 heterocycles. The van der Waals surface area contributed by atoms with E-state index in [1.54, 1.807) is 14.2 Å². The summed E-state index contributed by atoms with van der Waals surface area (Å²) in [7, 11) is 5.36. The fraction of sp³-hybridized carbons (Fsp3) is 0.417. The number of ether oxygens (including phenoxy) is 2. The van der Waals surface area contributed by atoms with Gasteiger partial charge in [-0.3, -0.25) is 4.99 Å². The lowest BCUT2D eigenvalue weighted by atomic mass is 10.1. The number of nitrogens with zero attached hydrogens (tertiary/aromatic N) is 2. The zero-order valence-electron chi connectivity index (χ0n) is 9.86. The van der Waals surface area contributed by atoms with E-state index in [1.807, 2.05) is 25.2 Å². The Kier molecular flexibility index (Phi) is 2.99. The van der Waals surface area contributed by atoms with Crippen molar-refractivity contribution < 1.29 is 9.47 Å². The largest absolute Gasteiger partial charge is 0.497 e. The lowest BCUT2D eigenvalue weighted by Gasteiger charge is -2.16. The lowest BCUT2D eigenvalue weighted by molar-refractivity contribution is 0.401. The molecule has 0 radical (unpaired) electrons. The molecule has 4 heteroatoms. The molecule has 0 aliphatic carbocycles. The molecule has 4 nitrogen and oxygen atoms in total. The van der Waals surface area contributed by atoms with E-state index in [1.165, 1.54) is 0 Å². The molecule has 0 bridgehead atoms. The van der Waals surface area contributed by atoms with E-state index in [4.69, 9.17) is 9.47 Å². The number of rotatable bonds is 3. The Labute approximate surface area is 95.5 Å². The van der Waals surface area contributed by atoms with Crippen LogP contribution in [0.25, 0.3) is 0 Å². The third-order valence-electron chi connectivity index (χ3n) is 2.71. The van der Waals surface area contributed by atoms with Gasteiger partial charge in [-0.15, -0.1) is 0 Å². The summed E-state index contributed by atoms with van der Waals surface area (Å²) in [6, 6.07) is 5.75. The predicted molar refractivity (Wildman–Crippen MR) is 63.6 cm³/mol. The molecule has 1 aliphatic rings. The van der Waals surface area contributed by atoms with E-state index in [0.717, 1.165) is 36.0 Å². The van der Waals surface area contributed by atoms with Crippen molar-refractivity contribution >= 4 is 5.84 Å². The van der Waals surface area contributed by atoms with Gasteiger partial charge in [0, 0.05) is 13.6 Å². The first kappa shape index (κ1) is 10.8. The van der Waals surface area contributed by atoms with Crippen LogP contribution in [0, 0.1) is 0 Å². The zero-order valence-corrected chi connectivity index (χ0v) is 9.86. The Morgan fingerprint density at radius 1 is 1.25 bits per heavy atom. The number of benzene rings is 1. The second kappa shape index (κ2) is 4.43.